The van der Waals surface area contributed by atoms with Crippen LogP contribution in [0.15, 0.2) is 73.1 Å². The Kier molecular flexibility index (Phi) is 36.7. The number of quaternary nitrogens is 1. The van der Waals surface area contributed by atoms with E-state index in [1.54, 1.807) is 6.26 Å². The average Bonchev–Trinajstić information content (AvgIpc) is 3.15. The van der Waals surface area contributed by atoms with Crippen molar-refractivity contribution in [1.82, 2.24) is 0 Å². The molecule has 1 N–H and O–H groups in total. The van der Waals surface area contributed by atoms with Gasteiger partial charge in [0.05, 0.1) is 40.1 Å². The number of aliphatic hydroxyl groups excluding tert-OH is 1. The maximum absolute atomic E-state index is 12.6. The lowest BCUT2D eigenvalue weighted by atomic mass is 10.1. The molecule has 0 aliphatic carbocycles. The van der Waals surface area contributed by atoms with Crippen LogP contribution in [0.4, 0.5) is 0 Å². The normalized spacial score (nSPS) is 15.0. The van der Waals surface area contributed by atoms with Crippen molar-refractivity contribution in [3.63, 3.8) is 0 Å². The fourth-order valence-electron chi connectivity index (χ4n) is 5.36. The first kappa shape index (κ1) is 53.7. The summed E-state index contributed by atoms with van der Waals surface area (Å²) in [5.74, 6) is -0.426. The van der Waals surface area contributed by atoms with E-state index >= 15 is 0 Å². The largest absolute Gasteiger partial charge is 0.756 e. The summed E-state index contributed by atoms with van der Waals surface area (Å²) in [5.41, 5.74) is 0. The van der Waals surface area contributed by atoms with Crippen LogP contribution in [0.2, 0.25) is 0 Å². The number of phosphoric ester groups is 1. The van der Waals surface area contributed by atoms with Gasteiger partial charge in [-0.3, -0.25) is 9.36 Å². The van der Waals surface area contributed by atoms with Crippen molar-refractivity contribution < 1.29 is 42.4 Å². The van der Waals surface area contributed by atoms with Crippen LogP contribution < -0.4 is 4.89 Å². The number of esters is 1. The van der Waals surface area contributed by atoms with Gasteiger partial charge in [-0.15, -0.1) is 0 Å². The number of carbonyl (C=O) groups is 1. The predicted molar refractivity (Wildman–Crippen MR) is 232 cm³/mol. The molecular weight excluding hydrogens is 725 g/mol. The molecule has 0 aromatic rings. The van der Waals surface area contributed by atoms with Crippen LogP contribution in [0.3, 0.4) is 0 Å². The molecular formula is C46H82NO8P. The van der Waals surface area contributed by atoms with Gasteiger partial charge in [0.25, 0.3) is 7.82 Å². The third-order valence-electron chi connectivity index (χ3n) is 8.96. The minimum Gasteiger partial charge on any atom is -0.756 e. The lowest BCUT2D eigenvalue weighted by Crippen LogP contribution is -2.37. The molecule has 56 heavy (non-hydrogen) atoms. The zero-order valence-corrected chi connectivity index (χ0v) is 37.1. The van der Waals surface area contributed by atoms with Gasteiger partial charge in [0, 0.05) is 6.42 Å². The van der Waals surface area contributed by atoms with Gasteiger partial charge >= 0.3 is 5.97 Å². The molecule has 3 atom stereocenters. The van der Waals surface area contributed by atoms with Gasteiger partial charge in [0.15, 0.2) is 6.10 Å². The topological polar surface area (TPSA) is 114 Å². The predicted octanol–water partition coefficient (Wildman–Crippen LogP) is 11.4. The van der Waals surface area contributed by atoms with Gasteiger partial charge in [0.1, 0.15) is 19.8 Å². The van der Waals surface area contributed by atoms with Gasteiger partial charge in [-0.1, -0.05) is 120 Å². The number of rotatable bonds is 39. The quantitative estimate of drug-likeness (QED) is 0.0163. The second-order valence-corrected chi connectivity index (χ2v) is 17.0. The highest BCUT2D eigenvalue weighted by Gasteiger charge is 2.20. The third kappa shape index (κ3) is 41.4. The lowest BCUT2D eigenvalue weighted by Gasteiger charge is -2.28. The molecule has 0 aromatic heterocycles. The first-order valence-corrected chi connectivity index (χ1v) is 23.2. The van der Waals surface area contributed by atoms with E-state index in [-0.39, 0.29) is 32.3 Å². The summed E-state index contributed by atoms with van der Waals surface area (Å²) in [6.07, 6.45) is 46.7. The molecule has 0 aromatic carbocycles. The Morgan fingerprint density at radius 3 is 1.73 bits per heavy atom. The Morgan fingerprint density at radius 1 is 0.661 bits per heavy atom. The Balaban J connectivity index is 4.43. The molecule has 0 saturated carbocycles. The molecule has 0 aliphatic rings. The third-order valence-corrected chi connectivity index (χ3v) is 9.92. The van der Waals surface area contributed by atoms with Gasteiger partial charge in [-0.25, -0.2) is 0 Å². The summed E-state index contributed by atoms with van der Waals surface area (Å²) in [6.45, 7) is 4.34. The minimum absolute atomic E-state index is 0.00436. The summed E-state index contributed by atoms with van der Waals surface area (Å²) in [5, 5.41) is 9.57. The number of phosphoric acid groups is 1. The van der Waals surface area contributed by atoms with E-state index in [9.17, 15) is 19.4 Å². The standard InChI is InChI=1S/C46H82NO8P/c1-6-8-9-10-11-12-13-14-15-18-21-24-27-30-33-36-40-52-42-45(43-54-56(50,51)53-41-39-47(3,4)5)55-46(49)38-35-32-29-26-23-20-17-16-19-22-25-28-31-34-37-44(48)7-2/h12-13,17,19-20,22,26,28-29,31,36,40,44-45,48H,6-11,14-16,18,21,23-25,27,30,32-35,37-39,41-43H2,1-5H3/b13-12-,20-17-,22-19-,29-26-,31-28-,40-36+/t44-,45-/m1/s1. The van der Waals surface area contributed by atoms with Crippen LogP contribution in [0.5, 0.6) is 0 Å². The van der Waals surface area contributed by atoms with Gasteiger partial charge in [-0.2, -0.15) is 0 Å². The molecule has 0 radical (unpaired) electrons. The van der Waals surface area contributed by atoms with Crippen molar-refractivity contribution in [1.29, 1.82) is 0 Å². The number of unbranched alkanes of at least 4 members (excludes halogenated alkanes) is 12. The van der Waals surface area contributed by atoms with Crippen molar-refractivity contribution in [2.75, 3.05) is 47.5 Å². The number of nitrogens with zero attached hydrogens (tertiary/aromatic N) is 1. The van der Waals surface area contributed by atoms with E-state index in [0.29, 0.717) is 17.4 Å². The molecule has 10 heteroatoms. The smallest absolute Gasteiger partial charge is 0.306 e. The Bertz CT molecular complexity index is 1140. The van der Waals surface area contributed by atoms with Crippen LogP contribution in [0, 0.1) is 0 Å². The van der Waals surface area contributed by atoms with Gasteiger partial charge in [-0.05, 0) is 96.0 Å². The van der Waals surface area contributed by atoms with Crippen LogP contribution in [-0.2, 0) is 27.9 Å². The molecule has 0 bridgehead atoms. The molecule has 0 amide bonds. The van der Waals surface area contributed by atoms with Crippen LogP contribution in [-0.4, -0.2) is 75.3 Å². The summed E-state index contributed by atoms with van der Waals surface area (Å²) < 4.78 is 34.2. The second-order valence-electron chi connectivity index (χ2n) is 15.6. The Hall–Kier alpha value is -2.26. The summed E-state index contributed by atoms with van der Waals surface area (Å²) >= 11 is 0. The van der Waals surface area contributed by atoms with Crippen molar-refractivity contribution >= 4 is 13.8 Å². The fourth-order valence-corrected chi connectivity index (χ4v) is 6.09. The van der Waals surface area contributed by atoms with Crippen molar-refractivity contribution in [3.8, 4) is 0 Å². The van der Waals surface area contributed by atoms with Crippen LogP contribution in [0.25, 0.3) is 0 Å². The monoisotopic (exact) mass is 808 g/mol. The van der Waals surface area contributed by atoms with E-state index < -0.39 is 19.9 Å². The summed E-state index contributed by atoms with van der Waals surface area (Å²) in [6, 6.07) is 0. The first-order chi connectivity index (χ1) is 27.0. The number of aliphatic hydroxyl groups is 1. The van der Waals surface area contributed by atoms with E-state index in [1.165, 1.54) is 70.6 Å². The zero-order chi connectivity index (χ0) is 41.4. The molecule has 0 saturated heterocycles. The Morgan fingerprint density at radius 2 is 1.16 bits per heavy atom. The molecule has 0 aliphatic heterocycles. The maximum Gasteiger partial charge on any atom is 0.306 e. The van der Waals surface area contributed by atoms with Crippen LogP contribution in [0.1, 0.15) is 155 Å². The molecule has 0 heterocycles. The molecule has 324 valence electrons. The highest BCUT2D eigenvalue weighted by molar-refractivity contribution is 7.45. The number of hydrogen-bond acceptors (Lipinski definition) is 8. The average molecular weight is 808 g/mol. The second kappa shape index (κ2) is 38.3. The number of ether oxygens (including phenoxy) is 2. The molecule has 0 spiro atoms. The van der Waals surface area contributed by atoms with Crippen molar-refractivity contribution in [2.24, 2.45) is 0 Å². The Labute approximate surface area is 343 Å². The number of likely N-dealkylation sites (N-methyl/N-ethyl adjacent to an activating group) is 1. The highest BCUT2D eigenvalue weighted by atomic mass is 31.2. The van der Waals surface area contributed by atoms with Crippen molar-refractivity contribution in [2.45, 2.75) is 167 Å². The summed E-state index contributed by atoms with van der Waals surface area (Å²) in [7, 11) is 1.25. The minimum atomic E-state index is -4.57. The van der Waals surface area contributed by atoms with Gasteiger partial charge < -0.3 is 33.0 Å². The first-order valence-electron chi connectivity index (χ1n) is 21.8. The van der Waals surface area contributed by atoms with Crippen molar-refractivity contribution in [3.05, 3.63) is 73.1 Å². The molecule has 9 nitrogen and oxygen atoms in total. The van der Waals surface area contributed by atoms with E-state index in [0.717, 1.165) is 57.8 Å². The summed E-state index contributed by atoms with van der Waals surface area (Å²) in [4.78, 5) is 25.0. The SMILES string of the molecule is CCCCCC/C=C\CCCCCCCC/C=C/OC[C@H](COP(=O)([O-])OCC[N+](C)(C)C)OC(=O)CCC/C=C\C/C=C\C/C=C\C/C=C\CC[C@H](O)CC. The zero-order valence-electron chi connectivity index (χ0n) is 36.2. The van der Waals surface area contributed by atoms with E-state index in [2.05, 4.69) is 67.7 Å². The molecule has 0 rings (SSSR count). The lowest BCUT2D eigenvalue weighted by molar-refractivity contribution is -0.870. The number of carbonyl (C=O) groups excluding carboxylic acids is 1. The maximum atomic E-state index is 12.6. The van der Waals surface area contributed by atoms with E-state index in [4.69, 9.17) is 18.5 Å². The van der Waals surface area contributed by atoms with Gasteiger partial charge in [0.2, 0.25) is 0 Å². The molecule has 1 unspecified atom stereocenters. The number of allylic oxidation sites excluding steroid dienone is 11. The van der Waals surface area contributed by atoms with Crippen LogP contribution >= 0.6 is 7.82 Å². The fraction of sp³-hybridized carbons (Fsp3) is 0.717. The highest BCUT2D eigenvalue weighted by Crippen LogP contribution is 2.38. The van der Waals surface area contributed by atoms with E-state index in [1.807, 2.05) is 34.1 Å². The molecule has 0 fully saturated rings. The number of hydrogen-bond donors (Lipinski definition) is 1.